The lowest BCUT2D eigenvalue weighted by Crippen LogP contribution is -2.48. The Bertz CT molecular complexity index is 714. The molecule has 0 amide bonds. The Morgan fingerprint density at radius 2 is 2.18 bits per heavy atom. The van der Waals surface area contributed by atoms with Gasteiger partial charge in [0, 0.05) is 19.7 Å². The molecular weight excluding hydrogens is 324 g/mol. The number of nitriles is 1. The second-order valence-corrected chi connectivity index (χ2v) is 8.03. The maximum atomic E-state index is 12.8. The summed E-state index contributed by atoms with van der Waals surface area (Å²) in [4.78, 5) is 0.0725. The minimum atomic E-state index is -3.63. The highest BCUT2D eigenvalue weighted by molar-refractivity contribution is 7.89. The van der Waals surface area contributed by atoms with Gasteiger partial charge in [0.25, 0.3) is 0 Å². The summed E-state index contributed by atoms with van der Waals surface area (Å²) in [5, 5.41) is 8.95. The molecule has 0 aliphatic carbocycles. The van der Waals surface area contributed by atoms with Crippen molar-refractivity contribution in [1.82, 2.24) is 4.31 Å². The van der Waals surface area contributed by atoms with Crippen LogP contribution in [0.25, 0.3) is 0 Å². The van der Waals surface area contributed by atoms with E-state index >= 15 is 0 Å². The topological polar surface area (TPSA) is 70.4 Å². The molecule has 2 saturated heterocycles. The average Bonchev–Trinajstić information content (AvgIpc) is 2.54. The van der Waals surface area contributed by atoms with Gasteiger partial charge in [-0.15, -0.1) is 0 Å². The van der Waals surface area contributed by atoms with Gasteiger partial charge in [0.2, 0.25) is 10.0 Å². The molecule has 2 heterocycles. The minimum Gasteiger partial charge on any atom is -0.378 e. The van der Waals surface area contributed by atoms with Gasteiger partial charge in [0.1, 0.15) is 4.90 Å². The van der Waals surface area contributed by atoms with Crippen molar-refractivity contribution in [3.05, 3.63) is 28.8 Å². The second-order valence-electron chi connectivity index (χ2n) is 5.72. The largest absolute Gasteiger partial charge is 0.378 e. The molecule has 2 fully saturated rings. The Morgan fingerprint density at radius 1 is 1.36 bits per heavy atom. The summed E-state index contributed by atoms with van der Waals surface area (Å²) in [5.41, 5.74) is 0.350. The third kappa shape index (κ3) is 2.86. The normalized spacial score (nSPS) is 26.2. The number of piperidine rings is 1. The second kappa shape index (κ2) is 6.17. The van der Waals surface area contributed by atoms with Crippen LogP contribution in [0.15, 0.2) is 23.1 Å². The fourth-order valence-electron chi connectivity index (χ4n) is 3.19. The first kappa shape index (κ1) is 15.8. The van der Waals surface area contributed by atoms with E-state index in [1.54, 1.807) is 0 Å². The number of halogens is 1. The highest BCUT2D eigenvalue weighted by Crippen LogP contribution is 2.33. The number of benzene rings is 1. The molecule has 5 nitrogen and oxygen atoms in total. The van der Waals surface area contributed by atoms with Crippen LogP contribution in [0.2, 0.25) is 5.02 Å². The van der Waals surface area contributed by atoms with Crippen molar-refractivity contribution in [3.63, 3.8) is 0 Å². The van der Waals surface area contributed by atoms with E-state index in [0.717, 1.165) is 25.9 Å². The van der Waals surface area contributed by atoms with Crippen LogP contribution < -0.4 is 0 Å². The van der Waals surface area contributed by atoms with Gasteiger partial charge >= 0.3 is 0 Å². The number of hydrogen-bond donors (Lipinski definition) is 0. The third-order valence-corrected chi connectivity index (χ3v) is 6.70. The van der Waals surface area contributed by atoms with Crippen LogP contribution in [0.5, 0.6) is 0 Å². The fraction of sp³-hybridized carbons (Fsp3) is 0.533. The van der Waals surface area contributed by atoms with Crippen LogP contribution in [-0.2, 0) is 14.8 Å². The summed E-state index contributed by atoms with van der Waals surface area (Å²) < 4.78 is 32.8. The number of nitrogens with zero attached hydrogens (tertiary/aromatic N) is 2. The quantitative estimate of drug-likeness (QED) is 0.828. The van der Waals surface area contributed by atoms with Crippen molar-refractivity contribution in [3.8, 4) is 6.07 Å². The lowest BCUT2D eigenvalue weighted by molar-refractivity contribution is -0.0534. The maximum absolute atomic E-state index is 12.8. The minimum absolute atomic E-state index is 0.0725. The molecule has 0 aromatic heterocycles. The fourth-order valence-corrected chi connectivity index (χ4v) is 5.22. The number of ether oxygens (including phenoxy) is 1. The standard InChI is InChI=1S/C15H17ClN2O3S/c16-13-8-11(9-17)3-4-15(13)22(19,20)18-6-5-14-12(10-18)2-1-7-21-14/h3-4,8,12,14H,1-2,5-7,10H2/t12-,14+/m0/s1. The van der Waals surface area contributed by atoms with Crippen LogP contribution in [0.4, 0.5) is 0 Å². The number of rotatable bonds is 2. The molecule has 22 heavy (non-hydrogen) atoms. The molecular formula is C15H17ClN2O3S. The van der Waals surface area contributed by atoms with Crippen molar-refractivity contribution >= 4 is 21.6 Å². The number of sulfonamides is 1. The van der Waals surface area contributed by atoms with Gasteiger partial charge in [-0.2, -0.15) is 9.57 Å². The molecule has 2 aliphatic heterocycles. The Balaban J connectivity index is 1.85. The first-order chi connectivity index (χ1) is 10.5. The zero-order chi connectivity index (χ0) is 15.7. The molecule has 7 heteroatoms. The smallest absolute Gasteiger partial charge is 0.244 e. The van der Waals surface area contributed by atoms with Crippen molar-refractivity contribution in [2.24, 2.45) is 5.92 Å². The summed E-state index contributed by atoms with van der Waals surface area (Å²) in [6.07, 6.45) is 2.87. The monoisotopic (exact) mass is 340 g/mol. The van der Waals surface area contributed by atoms with Crippen LogP contribution in [-0.4, -0.2) is 38.5 Å². The highest BCUT2D eigenvalue weighted by atomic mass is 35.5. The van der Waals surface area contributed by atoms with Gasteiger partial charge in [-0.05, 0) is 43.4 Å². The molecule has 0 spiro atoms. The van der Waals surface area contributed by atoms with Crippen LogP contribution in [0.1, 0.15) is 24.8 Å². The van der Waals surface area contributed by atoms with Crippen LogP contribution in [0.3, 0.4) is 0 Å². The van der Waals surface area contributed by atoms with E-state index < -0.39 is 10.0 Å². The molecule has 1 aromatic carbocycles. The Labute approximate surface area is 135 Å². The van der Waals surface area contributed by atoms with Crippen molar-refractivity contribution in [1.29, 1.82) is 5.26 Å². The van der Waals surface area contributed by atoms with Crippen LogP contribution >= 0.6 is 11.6 Å². The predicted octanol–water partition coefficient (Wildman–Crippen LogP) is 2.40. The molecule has 0 N–H and O–H groups in total. The van der Waals surface area contributed by atoms with E-state index in [0.29, 0.717) is 18.7 Å². The molecule has 0 saturated carbocycles. The molecule has 1 aromatic rings. The summed E-state index contributed by atoms with van der Waals surface area (Å²) in [6, 6.07) is 6.25. The molecule has 3 rings (SSSR count). The zero-order valence-corrected chi connectivity index (χ0v) is 13.6. The van der Waals surface area contributed by atoms with E-state index in [4.69, 9.17) is 21.6 Å². The van der Waals surface area contributed by atoms with E-state index in [2.05, 4.69) is 0 Å². The SMILES string of the molecule is N#Cc1ccc(S(=O)(=O)N2CC[C@H]3OCCC[C@H]3C2)c(Cl)c1. The average molecular weight is 341 g/mol. The Morgan fingerprint density at radius 3 is 2.91 bits per heavy atom. The van der Waals surface area contributed by atoms with Gasteiger partial charge in [-0.1, -0.05) is 11.6 Å². The third-order valence-electron chi connectivity index (χ3n) is 4.36. The first-order valence-electron chi connectivity index (χ1n) is 7.34. The highest BCUT2D eigenvalue weighted by Gasteiger charge is 2.37. The van der Waals surface area contributed by atoms with E-state index in [-0.39, 0.29) is 21.9 Å². The van der Waals surface area contributed by atoms with Gasteiger partial charge in [-0.3, -0.25) is 0 Å². The molecule has 0 bridgehead atoms. The summed E-state index contributed by atoms with van der Waals surface area (Å²) >= 11 is 6.07. The summed E-state index contributed by atoms with van der Waals surface area (Å²) in [5.74, 6) is 0.259. The molecule has 0 radical (unpaired) electrons. The van der Waals surface area contributed by atoms with Crippen molar-refractivity contribution < 1.29 is 13.2 Å². The zero-order valence-electron chi connectivity index (χ0n) is 12.0. The van der Waals surface area contributed by atoms with Crippen LogP contribution in [0, 0.1) is 17.2 Å². The number of fused-ring (bicyclic) bond motifs is 1. The first-order valence-corrected chi connectivity index (χ1v) is 9.15. The van der Waals surface area contributed by atoms with Gasteiger partial charge in [-0.25, -0.2) is 8.42 Å². The molecule has 118 valence electrons. The molecule has 0 unspecified atom stereocenters. The Kier molecular flexibility index (Phi) is 4.42. The van der Waals surface area contributed by atoms with E-state index in [9.17, 15) is 8.42 Å². The molecule has 2 aliphatic rings. The lowest BCUT2D eigenvalue weighted by Gasteiger charge is -2.40. The molecule has 2 atom stereocenters. The van der Waals surface area contributed by atoms with Gasteiger partial charge in [0.15, 0.2) is 0 Å². The van der Waals surface area contributed by atoms with Gasteiger partial charge in [0.05, 0.1) is 22.8 Å². The number of hydrogen-bond acceptors (Lipinski definition) is 4. The van der Waals surface area contributed by atoms with Crippen molar-refractivity contribution in [2.45, 2.75) is 30.3 Å². The van der Waals surface area contributed by atoms with E-state index in [1.807, 2.05) is 6.07 Å². The summed E-state index contributed by atoms with van der Waals surface area (Å²) in [6.45, 7) is 1.69. The van der Waals surface area contributed by atoms with Crippen molar-refractivity contribution in [2.75, 3.05) is 19.7 Å². The maximum Gasteiger partial charge on any atom is 0.244 e. The lowest BCUT2D eigenvalue weighted by atomic mass is 9.90. The predicted molar refractivity (Wildman–Crippen MR) is 82.0 cm³/mol. The van der Waals surface area contributed by atoms with Gasteiger partial charge < -0.3 is 4.74 Å². The van der Waals surface area contributed by atoms with E-state index in [1.165, 1.54) is 22.5 Å². The summed E-state index contributed by atoms with van der Waals surface area (Å²) in [7, 11) is -3.63. The Hall–Kier alpha value is -1.13.